The Hall–Kier alpha value is -5.44. The topological polar surface area (TPSA) is 95.6 Å². The lowest BCUT2D eigenvalue weighted by Gasteiger charge is -2.35. The molecule has 1 N–H and O–H groups in total. The highest BCUT2D eigenvalue weighted by molar-refractivity contribution is 6.12. The van der Waals surface area contributed by atoms with E-state index in [0.717, 1.165) is 11.3 Å². The van der Waals surface area contributed by atoms with Gasteiger partial charge in [0.1, 0.15) is 0 Å². The molecule has 0 spiro atoms. The number of carbonyl (C=O) groups is 2. The lowest BCUT2D eigenvalue weighted by molar-refractivity contribution is -0.116. The Balaban J connectivity index is 1.60. The van der Waals surface area contributed by atoms with Crippen LogP contribution < -0.4 is 33.9 Å². The molecule has 236 valence electrons. The average Bonchev–Trinajstić information content (AvgIpc) is 3.25. The lowest BCUT2D eigenvalue weighted by atomic mass is 9.78. The SMILES string of the molecule is COc1ccc([C@H]2C3=C(C[C@H](c4ccccc4)CC3=O)Nc3ccccc3N2C(=O)c2cc(OC)c(OC)c(OC)c2)cc1OC. The minimum Gasteiger partial charge on any atom is -0.493 e. The highest BCUT2D eigenvalue weighted by atomic mass is 16.5. The number of allylic oxidation sites excluding steroid dienone is 1. The molecule has 2 atom stereocenters. The van der Waals surface area contributed by atoms with Gasteiger partial charge in [-0.25, -0.2) is 0 Å². The van der Waals surface area contributed by atoms with Gasteiger partial charge in [0.15, 0.2) is 28.8 Å². The van der Waals surface area contributed by atoms with Crippen molar-refractivity contribution >= 4 is 23.1 Å². The van der Waals surface area contributed by atoms with Crippen molar-refractivity contribution < 1.29 is 33.3 Å². The molecule has 0 saturated carbocycles. The molecule has 1 aliphatic carbocycles. The minimum atomic E-state index is -0.804. The Labute approximate surface area is 268 Å². The monoisotopic (exact) mass is 620 g/mol. The number of benzene rings is 4. The smallest absolute Gasteiger partial charge is 0.259 e. The lowest BCUT2D eigenvalue weighted by Crippen LogP contribution is -2.38. The van der Waals surface area contributed by atoms with Gasteiger partial charge in [0.05, 0.1) is 53.0 Å². The van der Waals surface area contributed by atoms with E-state index in [0.29, 0.717) is 69.7 Å². The summed E-state index contributed by atoms with van der Waals surface area (Å²) >= 11 is 0. The minimum absolute atomic E-state index is 0.0180. The summed E-state index contributed by atoms with van der Waals surface area (Å²) in [6.45, 7) is 0. The maximum atomic E-state index is 14.9. The molecule has 1 aliphatic heterocycles. The fourth-order valence-corrected chi connectivity index (χ4v) is 6.46. The maximum absolute atomic E-state index is 14.9. The van der Waals surface area contributed by atoms with Gasteiger partial charge in [-0.15, -0.1) is 0 Å². The van der Waals surface area contributed by atoms with Crippen LogP contribution in [0.5, 0.6) is 28.7 Å². The quantitative estimate of drug-likeness (QED) is 0.226. The van der Waals surface area contributed by atoms with E-state index < -0.39 is 6.04 Å². The van der Waals surface area contributed by atoms with Crippen molar-refractivity contribution in [2.24, 2.45) is 0 Å². The number of hydrogen-bond acceptors (Lipinski definition) is 8. The van der Waals surface area contributed by atoms with Crippen LogP contribution in [0.25, 0.3) is 0 Å². The number of ketones is 1. The number of rotatable bonds is 8. The van der Waals surface area contributed by atoms with Gasteiger partial charge in [-0.3, -0.25) is 14.5 Å². The molecule has 9 nitrogen and oxygen atoms in total. The van der Waals surface area contributed by atoms with Gasteiger partial charge in [-0.1, -0.05) is 48.5 Å². The number of nitrogens with zero attached hydrogens (tertiary/aromatic N) is 1. The van der Waals surface area contributed by atoms with Gasteiger partial charge in [-0.05, 0) is 59.9 Å². The van der Waals surface area contributed by atoms with Crippen LogP contribution in [0.2, 0.25) is 0 Å². The molecule has 0 unspecified atom stereocenters. The fourth-order valence-electron chi connectivity index (χ4n) is 6.46. The van der Waals surface area contributed by atoms with E-state index in [1.807, 2.05) is 54.6 Å². The summed E-state index contributed by atoms with van der Waals surface area (Å²) in [4.78, 5) is 31.0. The molecule has 6 rings (SSSR count). The Morgan fingerprint density at radius 2 is 1.35 bits per heavy atom. The van der Waals surface area contributed by atoms with Crippen molar-refractivity contribution in [2.45, 2.75) is 24.8 Å². The zero-order valence-corrected chi connectivity index (χ0v) is 26.5. The van der Waals surface area contributed by atoms with E-state index in [-0.39, 0.29) is 17.6 Å². The molecule has 9 heteroatoms. The predicted octanol–water partition coefficient (Wildman–Crippen LogP) is 6.94. The summed E-state index contributed by atoms with van der Waals surface area (Å²) < 4.78 is 27.9. The molecule has 1 amide bonds. The van der Waals surface area contributed by atoms with E-state index in [2.05, 4.69) is 17.4 Å². The van der Waals surface area contributed by atoms with Crippen LogP contribution in [0.3, 0.4) is 0 Å². The van der Waals surface area contributed by atoms with Crippen LogP contribution in [-0.2, 0) is 4.79 Å². The van der Waals surface area contributed by atoms with Gasteiger partial charge < -0.3 is 29.0 Å². The average molecular weight is 621 g/mol. The number of amides is 1. The van der Waals surface area contributed by atoms with Gasteiger partial charge in [0.2, 0.25) is 5.75 Å². The number of hydrogen-bond donors (Lipinski definition) is 1. The van der Waals surface area contributed by atoms with E-state index in [4.69, 9.17) is 23.7 Å². The van der Waals surface area contributed by atoms with Crippen LogP contribution in [0.15, 0.2) is 96.2 Å². The summed E-state index contributed by atoms with van der Waals surface area (Å²) in [5.74, 6) is 1.65. The number of Topliss-reactive ketones (excluding diaryl/α,β-unsaturated/α-hetero) is 1. The van der Waals surface area contributed by atoms with Crippen LogP contribution >= 0.6 is 0 Å². The first-order chi connectivity index (χ1) is 22.4. The van der Waals surface area contributed by atoms with Crippen molar-refractivity contribution in [3.05, 3.63) is 113 Å². The first kappa shape index (κ1) is 30.6. The number of carbonyl (C=O) groups excluding carboxylic acids is 2. The Morgan fingerprint density at radius 1 is 0.696 bits per heavy atom. The number of para-hydroxylation sites is 2. The van der Waals surface area contributed by atoms with Crippen molar-refractivity contribution in [2.75, 3.05) is 45.8 Å². The molecule has 1 heterocycles. The predicted molar refractivity (Wildman–Crippen MR) is 176 cm³/mol. The van der Waals surface area contributed by atoms with Crippen molar-refractivity contribution in [1.29, 1.82) is 0 Å². The molecular weight excluding hydrogens is 584 g/mol. The van der Waals surface area contributed by atoms with Crippen molar-refractivity contribution in [3.63, 3.8) is 0 Å². The van der Waals surface area contributed by atoms with Crippen LogP contribution in [0.1, 0.15) is 46.3 Å². The van der Waals surface area contributed by atoms with E-state index in [1.165, 1.54) is 21.3 Å². The summed E-state index contributed by atoms with van der Waals surface area (Å²) in [7, 11) is 7.65. The van der Waals surface area contributed by atoms with Gasteiger partial charge in [-0.2, -0.15) is 0 Å². The van der Waals surface area contributed by atoms with E-state index in [9.17, 15) is 9.59 Å². The van der Waals surface area contributed by atoms with Gasteiger partial charge in [0, 0.05) is 23.3 Å². The molecule has 2 aliphatic rings. The zero-order chi connectivity index (χ0) is 32.4. The van der Waals surface area contributed by atoms with E-state index in [1.54, 1.807) is 37.3 Å². The molecule has 4 aromatic rings. The Morgan fingerprint density at radius 3 is 2.00 bits per heavy atom. The third-order valence-electron chi connectivity index (χ3n) is 8.61. The second kappa shape index (κ2) is 12.9. The molecule has 0 bridgehead atoms. The van der Waals surface area contributed by atoms with Gasteiger partial charge in [0.25, 0.3) is 5.91 Å². The summed E-state index contributed by atoms with van der Waals surface area (Å²) in [5, 5.41) is 3.58. The number of fused-ring (bicyclic) bond motifs is 1. The highest BCUT2D eigenvalue weighted by Crippen LogP contribution is 2.49. The largest absolute Gasteiger partial charge is 0.493 e. The zero-order valence-electron chi connectivity index (χ0n) is 26.5. The Kier molecular flexibility index (Phi) is 8.57. The summed E-state index contributed by atoms with van der Waals surface area (Å²) in [6.07, 6.45) is 0.895. The number of ether oxygens (including phenoxy) is 5. The van der Waals surface area contributed by atoms with E-state index >= 15 is 0 Å². The van der Waals surface area contributed by atoms with Crippen LogP contribution in [0, 0.1) is 0 Å². The third kappa shape index (κ3) is 5.38. The molecule has 0 radical (unpaired) electrons. The highest BCUT2D eigenvalue weighted by Gasteiger charge is 2.42. The second-order valence-corrected chi connectivity index (χ2v) is 11.1. The molecule has 0 fully saturated rings. The van der Waals surface area contributed by atoms with Crippen molar-refractivity contribution in [1.82, 2.24) is 0 Å². The first-order valence-corrected chi connectivity index (χ1v) is 14.9. The fraction of sp³-hybridized carbons (Fsp3) is 0.243. The standard InChI is InChI=1S/C37H36N2O7/c1-42-30-16-15-23(19-31(30)43-2)35-34-27(17-24(18-29(34)40)22-11-7-6-8-12-22)38-26-13-9-10-14-28(26)39(35)37(41)25-20-32(44-3)36(46-5)33(21-25)45-4/h6-16,19-21,24,35,38H,17-18H2,1-5H3/t24-,35-/m0/s1. The molecular formula is C37H36N2O7. The Bertz CT molecular complexity index is 1790. The summed E-state index contributed by atoms with van der Waals surface area (Å²) in [5.41, 5.74) is 4.70. The normalized spacial score (nSPS) is 17.2. The van der Waals surface area contributed by atoms with Crippen molar-refractivity contribution in [3.8, 4) is 28.7 Å². The summed E-state index contributed by atoms with van der Waals surface area (Å²) in [6, 6.07) is 25.6. The third-order valence-corrected chi connectivity index (χ3v) is 8.61. The van der Waals surface area contributed by atoms with Gasteiger partial charge >= 0.3 is 0 Å². The first-order valence-electron chi connectivity index (χ1n) is 14.9. The number of nitrogens with one attached hydrogen (secondary N) is 1. The maximum Gasteiger partial charge on any atom is 0.259 e. The molecule has 0 aromatic heterocycles. The number of anilines is 2. The molecule has 4 aromatic carbocycles. The second-order valence-electron chi connectivity index (χ2n) is 11.1. The van der Waals surface area contributed by atoms with Crippen LogP contribution in [-0.4, -0.2) is 47.2 Å². The molecule has 46 heavy (non-hydrogen) atoms. The number of methoxy groups -OCH3 is 5. The molecule has 0 saturated heterocycles. The van der Waals surface area contributed by atoms with Crippen LogP contribution in [0.4, 0.5) is 11.4 Å².